The molecule has 2 fully saturated rings. The van der Waals surface area contributed by atoms with Gasteiger partial charge in [-0.25, -0.2) is 23.5 Å². The van der Waals surface area contributed by atoms with Gasteiger partial charge in [0.05, 0.1) is 5.39 Å². The molecule has 182 valence electrons. The zero-order valence-electron chi connectivity index (χ0n) is 20.2. The van der Waals surface area contributed by atoms with Gasteiger partial charge in [-0.1, -0.05) is 19.3 Å². The molecular weight excluding hydrogens is 428 g/mol. The van der Waals surface area contributed by atoms with E-state index in [0.29, 0.717) is 29.9 Å². The number of rotatable bonds is 3. The monoisotopic (exact) mass is 463 g/mol. The number of anilines is 1. The lowest BCUT2D eigenvalue weighted by Gasteiger charge is -2.44. The molecule has 1 aliphatic heterocycles. The van der Waals surface area contributed by atoms with Crippen molar-refractivity contribution in [2.24, 2.45) is 0 Å². The Bertz CT molecular complexity index is 997. The van der Waals surface area contributed by atoms with Crippen molar-refractivity contribution in [1.29, 1.82) is 0 Å². The number of aromatic nitrogens is 3. The summed E-state index contributed by atoms with van der Waals surface area (Å²) in [7, 11) is 0. The third-order valence-electron chi connectivity index (χ3n) is 6.71. The molecule has 0 spiro atoms. The summed E-state index contributed by atoms with van der Waals surface area (Å²) in [5, 5.41) is 0.433. The van der Waals surface area contributed by atoms with Gasteiger partial charge in [0.1, 0.15) is 23.4 Å². The van der Waals surface area contributed by atoms with Crippen molar-refractivity contribution in [3.05, 3.63) is 18.1 Å². The summed E-state index contributed by atoms with van der Waals surface area (Å²) >= 11 is 0. The number of halogens is 2. The molecule has 1 saturated carbocycles. The van der Waals surface area contributed by atoms with Gasteiger partial charge in [0.15, 0.2) is 0 Å². The molecule has 1 saturated heterocycles. The van der Waals surface area contributed by atoms with E-state index in [-0.39, 0.29) is 29.8 Å². The largest absolute Gasteiger partial charge is 0.444 e. The molecule has 33 heavy (non-hydrogen) atoms. The molecule has 2 aromatic heterocycles. The highest BCUT2D eigenvalue weighted by molar-refractivity contribution is 5.92. The van der Waals surface area contributed by atoms with E-state index in [1.54, 1.807) is 11.1 Å². The Balaban J connectivity index is 1.68. The standard InChI is InChI=1S/C24H35F2N5O2/c1-15-12-30(23(32)33-24(3,4)5)16(2)11-29(15)21-19-18(20(25)26)13-31(22(19)28-14-27-21)17-9-7-6-8-10-17/h13-17,20H,6-12H2,1-5H3/t15?,16-/m0/s1. The maximum atomic E-state index is 14.2. The fourth-order valence-electron chi connectivity index (χ4n) is 5.11. The van der Waals surface area contributed by atoms with Crippen LogP contribution >= 0.6 is 0 Å². The van der Waals surface area contributed by atoms with Gasteiger partial charge in [-0.3, -0.25) is 0 Å². The first-order valence-corrected chi connectivity index (χ1v) is 12.0. The molecule has 0 N–H and O–H groups in total. The minimum atomic E-state index is -2.61. The summed E-state index contributed by atoms with van der Waals surface area (Å²) in [6.07, 6.45) is 5.46. The van der Waals surface area contributed by atoms with Crippen LogP contribution in [0, 0.1) is 0 Å². The number of fused-ring (bicyclic) bond motifs is 1. The van der Waals surface area contributed by atoms with Crippen LogP contribution in [0.25, 0.3) is 11.0 Å². The summed E-state index contributed by atoms with van der Waals surface area (Å²) in [5.41, 5.74) is -0.0123. The fourth-order valence-corrected chi connectivity index (χ4v) is 5.11. The normalized spacial score (nSPS) is 22.9. The predicted molar refractivity (Wildman–Crippen MR) is 124 cm³/mol. The highest BCUT2D eigenvalue weighted by Gasteiger charge is 2.37. The van der Waals surface area contributed by atoms with Crippen LogP contribution in [0.3, 0.4) is 0 Å². The van der Waals surface area contributed by atoms with Crippen LogP contribution in [-0.2, 0) is 4.74 Å². The maximum Gasteiger partial charge on any atom is 0.410 e. The van der Waals surface area contributed by atoms with Crippen molar-refractivity contribution >= 4 is 22.9 Å². The van der Waals surface area contributed by atoms with Crippen LogP contribution in [0.2, 0.25) is 0 Å². The van der Waals surface area contributed by atoms with Crippen molar-refractivity contribution in [1.82, 2.24) is 19.4 Å². The summed E-state index contributed by atoms with van der Waals surface area (Å²) in [5.74, 6) is 0.521. The molecular formula is C24H35F2N5O2. The molecule has 2 atom stereocenters. The molecule has 1 aliphatic carbocycles. The summed E-state index contributed by atoms with van der Waals surface area (Å²) < 4.78 is 35.9. The van der Waals surface area contributed by atoms with E-state index in [4.69, 9.17) is 4.74 Å². The number of nitrogens with zero attached hydrogens (tertiary/aromatic N) is 5. The lowest BCUT2D eigenvalue weighted by molar-refractivity contribution is 0.0130. The van der Waals surface area contributed by atoms with E-state index in [9.17, 15) is 13.6 Å². The molecule has 1 amide bonds. The first kappa shape index (κ1) is 23.7. The molecule has 0 aromatic carbocycles. The maximum absolute atomic E-state index is 14.2. The van der Waals surface area contributed by atoms with Gasteiger partial charge in [-0.2, -0.15) is 0 Å². The van der Waals surface area contributed by atoms with Crippen molar-refractivity contribution in [2.75, 3.05) is 18.0 Å². The average molecular weight is 464 g/mol. The number of piperazine rings is 1. The topological polar surface area (TPSA) is 63.5 Å². The number of carbonyl (C=O) groups excluding carboxylic acids is 1. The van der Waals surface area contributed by atoms with Crippen LogP contribution in [0.15, 0.2) is 12.5 Å². The quantitative estimate of drug-likeness (QED) is 0.584. The zero-order valence-corrected chi connectivity index (χ0v) is 20.2. The van der Waals surface area contributed by atoms with Crippen LogP contribution < -0.4 is 4.90 Å². The van der Waals surface area contributed by atoms with Crippen molar-refractivity contribution in [2.45, 2.75) is 96.9 Å². The van der Waals surface area contributed by atoms with E-state index >= 15 is 0 Å². The molecule has 4 rings (SSSR count). The first-order chi connectivity index (χ1) is 15.6. The van der Waals surface area contributed by atoms with Crippen molar-refractivity contribution in [3.63, 3.8) is 0 Å². The molecule has 0 radical (unpaired) electrons. The van der Waals surface area contributed by atoms with Gasteiger partial charge in [-0.15, -0.1) is 0 Å². The lowest BCUT2D eigenvalue weighted by atomic mass is 9.95. The average Bonchev–Trinajstić information content (AvgIpc) is 3.15. The van der Waals surface area contributed by atoms with E-state index in [1.807, 2.05) is 44.1 Å². The SMILES string of the molecule is CC1CN(C(=O)OC(C)(C)C)[C@@H](C)CN1c1ncnc2c1c(C(F)F)cn2C1CCCCC1. The van der Waals surface area contributed by atoms with Crippen LogP contribution in [0.1, 0.15) is 84.8 Å². The minimum Gasteiger partial charge on any atom is -0.444 e. The van der Waals surface area contributed by atoms with Gasteiger partial charge in [0.2, 0.25) is 0 Å². The summed E-state index contributed by atoms with van der Waals surface area (Å²) in [4.78, 5) is 25.4. The molecule has 2 aromatic rings. The van der Waals surface area contributed by atoms with E-state index in [0.717, 1.165) is 25.7 Å². The van der Waals surface area contributed by atoms with Gasteiger partial charge < -0.3 is 19.1 Å². The fraction of sp³-hybridized carbons (Fsp3) is 0.708. The Labute approximate surface area is 194 Å². The number of alkyl halides is 2. The number of ether oxygens (including phenoxy) is 1. The van der Waals surface area contributed by atoms with Gasteiger partial charge >= 0.3 is 6.09 Å². The Morgan fingerprint density at radius 2 is 1.79 bits per heavy atom. The number of hydrogen-bond acceptors (Lipinski definition) is 5. The second-order valence-electron chi connectivity index (χ2n) is 10.5. The van der Waals surface area contributed by atoms with E-state index in [2.05, 4.69) is 9.97 Å². The van der Waals surface area contributed by atoms with Gasteiger partial charge in [0.25, 0.3) is 6.43 Å². The molecule has 1 unspecified atom stereocenters. The lowest BCUT2D eigenvalue weighted by Crippen LogP contribution is -2.59. The van der Waals surface area contributed by atoms with E-state index < -0.39 is 12.0 Å². The first-order valence-electron chi connectivity index (χ1n) is 12.0. The Morgan fingerprint density at radius 3 is 2.42 bits per heavy atom. The summed E-state index contributed by atoms with van der Waals surface area (Å²) in [6.45, 7) is 10.4. The Kier molecular flexibility index (Phi) is 6.51. The Morgan fingerprint density at radius 1 is 1.09 bits per heavy atom. The van der Waals surface area contributed by atoms with Crippen molar-refractivity contribution < 1.29 is 18.3 Å². The van der Waals surface area contributed by atoms with Gasteiger partial charge in [-0.05, 0) is 47.5 Å². The molecule has 2 aliphatic rings. The second-order valence-corrected chi connectivity index (χ2v) is 10.5. The highest BCUT2D eigenvalue weighted by atomic mass is 19.3. The predicted octanol–water partition coefficient (Wildman–Crippen LogP) is 5.71. The number of amides is 1. The van der Waals surface area contributed by atoms with Crippen molar-refractivity contribution in [3.8, 4) is 0 Å². The van der Waals surface area contributed by atoms with Crippen LogP contribution in [-0.4, -0.2) is 56.3 Å². The smallest absolute Gasteiger partial charge is 0.410 e. The molecule has 7 nitrogen and oxygen atoms in total. The van der Waals surface area contributed by atoms with Gasteiger partial charge in [0, 0.05) is 43.0 Å². The molecule has 0 bridgehead atoms. The minimum absolute atomic E-state index is 0.0133. The van der Waals surface area contributed by atoms with E-state index in [1.165, 1.54) is 12.7 Å². The third kappa shape index (κ3) is 4.77. The summed E-state index contributed by atoms with van der Waals surface area (Å²) in [6, 6.07) is -0.0799. The Hall–Kier alpha value is -2.45. The van der Waals surface area contributed by atoms with Crippen LogP contribution in [0.4, 0.5) is 19.4 Å². The number of carbonyl (C=O) groups is 1. The second kappa shape index (κ2) is 9.06. The number of hydrogen-bond donors (Lipinski definition) is 0. The third-order valence-corrected chi connectivity index (χ3v) is 6.71. The van der Waals surface area contributed by atoms with Crippen LogP contribution in [0.5, 0.6) is 0 Å². The highest BCUT2D eigenvalue weighted by Crippen LogP contribution is 2.39. The zero-order chi connectivity index (χ0) is 23.9. The molecule has 9 heteroatoms. The molecule has 3 heterocycles.